The standard InChI is InChI=1S/C35H40N4O5/c36-28(22-25-12-4-1-5-13-25)33(41)38-20-10-18-30(38)32(40)37-29(23-26-14-6-2-7-15-26)34(42)39-21-11-19-31(39)35(43)44-24-27-16-8-3-9-17-27/h1-9,12-17,28-31H,10-11,18-24,36H2,(H,37,40)/t28-,29-,30-,31-/m0/s1. The number of carbonyl (C=O) groups is 4. The Balaban J connectivity index is 1.27. The van der Waals surface area contributed by atoms with Crippen LogP contribution in [0.5, 0.6) is 0 Å². The van der Waals surface area contributed by atoms with E-state index in [9.17, 15) is 19.2 Å². The highest BCUT2D eigenvalue weighted by molar-refractivity contribution is 5.95. The van der Waals surface area contributed by atoms with Crippen molar-refractivity contribution in [3.8, 4) is 0 Å². The van der Waals surface area contributed by atoms with Crippen LogP contribution in [0, 0.1) is 0 Å². The number of hydrogen-bond donors (Lipinski definition) is 2. The number of nitrogens with one attached hydrogen (secondary N) is 1. The molecule has 9 nitrogen and oxygen atoms in total. The highest BCUT2D eigenvalue weighted by atomic mass is 16.5. The number of nitrogens with two attached hydrogens (primary N) is 1. The third kappa shape index (κ3) is 7.71. The van der Waals surface area contributed by atoms with Crippen LogP contribution in [0.15, 0.2) is 91.0 Å². The van der Waals surface area contributed by atoms with E-state index >= 15 is 0 Å². The minimum atomic E-state index is -0.914. The van der Waals surface area contributed by atoms with E-state index in [2.05, 4.69) is 5.32 Å². The minimum absolute atomic E-state index is 0.125. The highest BCUT2D eigenvalue weighted by Crippen LogP contribution is 2.23. The Bertz CT molecular complexity index is 1420. The lowest BCUT2D eigenvalue weighted by molar-refractivity contribution is -0.155. The molecule has 2 saturated heterocycles. The summed E-state index contributed by atoms with van der Waals surface area (Å²) in [6.07, 6.45) is 2.93. The Morgan fingerprint density at radius 3 is 1.80 bits per heavy atom. The molecule has 9 heteroatoms. The lowest BCUT2D eigenvalue weighted by Gasteiger charge is -2.31. The van der Waals surface area contributed by atoms with Crippen LogP contribution in [0.2, 0.25) is 0 Å². The topological polar surface area (TPSA) is 122 Å². The number of rotatable bonds is 11. The predicted octanol–water partition coefficient (Wildman–Crippen LogP) is 3.01. The Morgan fingerprint density at radius 2 is 1.20 bits per heavy atom. The summed E-state index contributed by atoms with van der Waals surface area (Å²) < 4.78 is 5.58. The van der Waals surface area contributed by atoms with Crippen molar-refractivity contribution in [2.24, 2.45) is 5.73 Å². The average Bonchev–Trinajstić information content (AvgIpc) is 3.75. The van der Waals surface area contributed by atoms with Gasteiger partial charge in [-0.25, -0.2) is 4.79 Å². The fraction of sp³-hybridized carbons (Fsp3) is 0.371. The van der Waals surface area contributed by atoms with Crippen LogP contribution in [0.1, 0.15) is 42.4 Å². The molecule has 230 valence electrons. The Labute approximate surface area is 258 Å². The van der Waals surface area contributed by atoms with E-state index in [1.54, 1.807) is 4.90 Å². The molecule has 2 fully saturated rings. The fourth-order valence-corrected chi connectivity index (χ4v) is 6.09. The quantitative estimate of drug-likeness (QED) is 0.328. The third-order valence-electron chi connectivity index (χ3n) is 8.38. The van der Waals surface area contributed by atoms with Crippen molar-refractivity contribution >= 4 is 23.7 Å². The first-order valence-electron chi connectivity index (χ1n) is 15.4. The van der Waals surface area contributed by atoms with E-state index in [0.29, 0.717) is 45.2 Å². The Kier molecular flexibility index (Phi) is 10.4. The minimum Gasteiger partial charge on any atom is -0.459 e. The van der Waals surface area contributed by atoms with Gasteiger partial charge in [0.05, 0.1) is 6.04 Å². The Morgan fingerprint density at radius 1 is 0.705 bits per heavy atom. The zero-order chi connectivity index (χ0) is 30.9. The number of esters is 1. The molecule has 0 radical (unpaired) electrons. The van der Waals surface area contributed by atoms with Crippen molar-refractivity contribution < 1.29 is 23.9 Å². The number of carbonyl (C=O) groups excluding carboxylic acids is 4. The van der Waals surface area contributed by atoms with Crippen LogP contribution < -0.4 is 11.1 Å². The number of nitrogens with zero attached hydrogens (tertiary/aromatic N) is 2. The van der Waals surface area contributed by atoms with Gasteiger partial charge in [-0.3, -0.25) is 14.4 Å². The molecular formula is C35H40N4O5. The lowest BCUT2D eigenvalue weighted by atomic mass is 10.0. The number of amides is 3. The second-order valence-electron chi connectivity index (χ2n) is 11.5. The van der Waals surface area contributed by atoms with Crippen LogP contribution >= 0.6 is 0 Å². The third-order valence-corrected chi connectivity index (χ3v) is 8.38. The Hall–Kier alpha value is -4.50. The van der Waals surface area contributed by atoms with E-state index in [1.165, 1.54) is 4.90 Å². The van der Waals surface area contributed by atoms with E-state index < -0.39 is 30.1 Å². The predicted molar refractivity (Wildman–Crippen MR) is 166 cm³/mol. The summed E-state index contributed by atoms with van der Waals surface area (Å²) in [6.45, 7) is 0.950. The van der Waals surface area contributed by atoms with Crippen molar-refractivity contribution in [2.75, 3.05) is 13.1 Å². The van der Waals surface area contributed by atoms with Crippen LogP contribution in [0.25, 0.3) is 0 Å². The molecule has 0 aliphatic carbocycles. The van der Waals surface area contributed by atoms with Gasteiger partial charge in [0.15, 0.2) is 0 Å². The van der Waals surface area contributed by atoms with Crippen molar-refractivity contribution in [2.45, 2.75) is 69.3 Å². The maximum Gasteiger partial charge on any atom is 0.329 e. The van der Waals surface area contributed by atoms with Gasteiger partial charge >= 0.3 is 5.97 Å². The van der Waals surface area contributed by atoms with Gasteiger partial charge in [-0.15, -0.1) is 0 Å². The molecule has 3 amide bonds. The summed E-state index contributed by atoms with van der Waals surface area (Å²) in [5.74, 6) is -1.46. The first-order valence-corrected chi connectivity index (χ1v) is 15.4. The number of hydrogen-bond acceptors (Lipinski definition) is 6. The summed E-state index contributed by atoms with van der Waals surface area (Å²) >= 11 is 0. The van der Waals surface area contributed by atoms with Crippen molar-refractivity contribution in [1.29, 1.82) is 0 Å². The van der Waals surface area contributed by atoms with Crippen molar-refractivity contribution in [3.63, 3.8) is 0 Å². The number of ether oxygens (including phenoxy) is 1. The molecular weight excluding hydrogens is 556 g/mol. The molecule has 5 rings (SSSR count). The van der Waals surface area contributed by atoms with E-state index in [-0.39, 0.29) is 30.7 Å². The maximum atomic E-state index is 14.0. The van der Waals surface area contributed by atoms with Gasteiger partial charge in [0.1, 0.15) is 24.7 Å². The molecule has 44 heavy (non-hydrogen) atoms. The molecule has 0 unspecified atom stereocenters. The second kappa shape index (κ2) is 14.8. The summed E-state index contributed by atoms with van der Waals surface area (Å²) in [6, 6.07) is 25.3. The first-order chi connectivity index (χ1) is 21.4. The molecule has 3 aromatic carbocycles. The maximum absolute atomic E-state index is 14.0. The average molecular weight is 597 g/mol. The summed E-state index contributed by atoms with van der Waals surface area (Å²) in [7, 11) is 0. The SMILES string of the molecule is N[C@@H](Cc1ccccc1)C(=O)N1CCC[C@H]1C(=O)N[C@@H](Cc1ccccc1)C(=O)N1CCC[C@H]1C(=O)OCc1ccccc1. The first kappa shape index (κ1) is 30.9. The molecule has 2 aliphatic heterocycles. The van der Waals surface area contributed by atoms with Crippen molar-refractivity contribution in [1.82, 2.24) is 15.1 Å². The zero-order valence-corrected chi connectivity index (χ0v) is 24.8. The molecule has 4 atom stereocenters. The molecule has 0 aromatic heterocycles. The molecule has 0 spiro atoms. The lowest BCUT2D eigenvalue weighted by Crippen LogP contribution is -2.57. The van der Waals surface area contributed by atoms with Gasteiger partial charge in [-0.1, -0.05) is 91.0 Å². The van der Waals surface area contributed by atoms with Crippen LogP contribution in [-0.4, -0.2) is 70.7 Å². The van der Waals surface area contributed by atoms with Gasteiger partial charge in [-0.05, 0) is 48.8 Å². The van der Waals surface area contributed by atoms with Crippen LogP contribution in [-0.2, 0) is 43.4 Å². The molecule has 3 N–H and O–H groups in total. The molecule has 2 heterocycles. The summed E-state index contributed by atoms with van der Waals surface area (Å²) in [5.41, 5.74) is 8.99. The summed E-state index contributed by atoms with van der Waals surface area (Å²) in [5, 5.41) is 2.96. The van der Waals surface area contributed by atoms with Crippen LogP contribution in [0.4, 0.5) is 0 Å². The number of benzene rings is 3. The normalized spacial score (nSPS) is 19.3. The van der Waals surface area contributed by atoms with Gasteiger partial charge in [-0.2, -0.15) is 0 Å². The number of likely N-dealkylation sites (tertiary alicyclic amines) is 2. The van der Waals surface area contributed by atoms with E-state index in [4.69, 9.17) is 10.5 Å². The molecule has 0 bridgehead atoms. The van der Waals surface area contributed by atoms with Crippen LogP contribution in [0.3, 0.4) is 0 Å². The van der Waals surface area contributed by atoms with Gasteiger partial charge in [0.2, 0.25) is 17.7 Å². The smallest absolute Gasteiger partial charge is 0.329 e. The van der Waals surface area contributed by atoms with Gasteiger partial charge < -0.3 is 25.6 Å². The molecule has 0 saturated carbocycles. The summed E-state index contributed by atoms with van der Waals surface area (Å²) in [4.78, 5) is 57.3. The largest absolute Gasteiger partial charge is 0.459 e. The monoisotopic (exact) mass is 596 g/mol. The van der Waals surface area contributed by atoms with E-state index in [1.807, 2.05) is 91.0 Å². The van der Waals surface area contributed by atoms with Crippen molar-refractivity contribution in [3.05, 3.63) is 108 Å². The highest BCUT2D eigenvalue weighted by Gasteiger charge is 2.41. The zero-order valence-electron chi connectivity index (χ0n) is 24.8. The molecule has 2 aliphatic rings. The fourth-order valence-electron chi connectivity index (χ4n) is 6.09. The second-order valence-corrected chi connectivity index (χ2v) is 11.5. The van der Waals surface area contributed by atoms with Gasteiger partial charge in [0, 0.05) is 19.5 Å². The van der Waals surface area contributed by atoms with E-state index in [0.717, 1.165) is 16.7 Å². The molecule has 3 aromatic rings. The van der Waals surface area contributed by atoms with Gasteiger partial charge in [0.25, 0.3) is 0 Å².